The number of carbonyl (C=O) groups is 1. The fourth-order valence-corrected chi connectivity index (χ4v) is 7.18. The minimum absolute atomic E-state index is 0.0806. The van der Waals surface area contributed by atoms with Gasteiger partial charge in [-0.05, 0) is 37.1 Å². The molecule has 0 aliphatic carbocycles. The quantitative estimate of drug-likeness (QED) is 0.384. The second kappa shape index (κ2) is 8.93. The number of carbonyl (C=O) groups excluding carboxylic acids is 1. The number of rotatable bonds is 7. The number of thioether (sulfide) groups is 1. The highest BCUT2D eigenvalue weighted by molar-refractivity contribution is 8.23. The van der Waals surface area contributed by atoms with Crippen molar-refractivity contribution < 1.29 is 18.6 Å². The van der Waals surface area contributed by atoms with Gasteiger partial charge in [-0.2, -0.15) is 0 Å². The van der Waals surface area contributed by atoms with Crippen LogP contribution in [0.4, 0.5) is 0 Å². The molecule has 1 fully saturated rings. The molecule has 1 heterocycles. The van der Waals surface area contributed by atoms with Crippen LogP contribution < -0.4 is 9.61 Å². The first kappa shape index (κ1) is 21.5. The first-order valence-corrected chi connectivity index (χ1v) is 11.4. The standard InChI is InChI=1S/C16H22ClN2O4PS2/c1-10(2)14-9-26-16(25)19(14)24(21,18-11(3)15(20)22-4)23-13-7-5-12(17)6-8-13/h5-8,10-11,14H,9H2,1-4H3,(H,18,21)/t11-,14+,24?/m0/s1. The summed E-state index contributed by atoms with van der Waals surface area (Å²) in [7, 11) is -2.44. The molecule has 10 heteroatoms. The molecule has 0 amide bonds. The molecule has 26 heavy (non-hydrogen) atoms. The second-order valence-electron chi connectivity index (χ2n) is 6.17. The van der Waals surface area contributed by atoms with E-state index in [1.54, 1.807) is 35.9 Å². The number of hydrogen-bond donors (Lipinski definition) is 1. The van der Waals surface area contributed by atoms with Gasteiger partial charge in [0, 0.05) is 10.8 Å². The number of methoxy groups -OCH3 is 1. The zero-order valence-corrected chi connectivity index (χ0v) is 18.3. The summed E-state index contributed by atoms with van der Waals surface area (Å²) in [5, 5.41) is 3.35. The van der Waals surface area contributed by atoms with Crippen molar-refractivity contribution >= 4 is 53.5 Å². The molecule has 0 radical (unpaired) electrons. The molecule has 1 aliphatic rings. The highest BCUT2D eigenvalue weighted by atomic mass is 35.5. The molecule has 0 aromatic heterocycles. The summed E-state index contributed by atoms with van der Waals surface area (Å²) in [6.07, 6.45) is 0. The van der Waals surface area contributed by atoms with E-state index in [4.69, 9.17) is 33.1 Å². The van der Waals surface area contributed by atoms with E-state index in [0.717, 1.165) is 0 Å². The maximum Gasteiger partial charge on any atom is 0.421 e. The van der Waals surface area contributed by atoms with E-state index in [0.29, 0.717) is 20.8 Å². The van der Waals surface area contributed by atoms with Gasteiger partial charge in [0.15, 0.2) is 0 Å². The van der Waals surface area contributed by atoms with Crippen molar-refractivity contribution in [2.24, 2.45) is 5.92 Å². The van der Waals surface area contributed by atoms with Crippen LogP contribution in [0.2, 0.25) is 5.02 Å². The average Bonchev–Trinajstić information content (AvgIpc) is 2.98. The van der Waals surface area contributed by atoms with Gasteiger partial charge in [-0.25, -0.2) is 9.65 Å². The number of thiocarbonyl (C=S) groups is 1. The maximum atomic E-state index is 13.9. The molecule has 2 rings (SSSR count). The Hall–Kier alpha value is -0.790. The molecule has 0 spiro atoms. The summed E-state index contributed by atoms with van der Waals surface area (Å²) in [6.45, 7) is 5.63. The predicted molar refractivity (Wildman–Crippen MR) is 110 cm³/mol. The lowest BCUT2D eigenvalue weighted by molar-refractivity contribution is -0.142. The van der Waals surface area contributed by atoms with Gasteiger partial charge >= 0.3 is 13.6 Å². The Balaban J connectivity index is 2.39. The van der Waals surface area contributed by atoms with E-state index in [1.807, 2.05) is 13.8 Å². The first-order valence-electron chi connectivity index (χ1n) is 8.05. The van der Waals surface area contributed by atoms with Gasteiger partial charge in [-0.15, -0.1) is 0 Å². The Labute approximate surface area is 168 Å². The molecule has 0 bridgehead atoms. The SMILES string of the molecule is COC(=O)[C@H](C)NP(=O)(Oc1ccc(Cl)cc1)N1C(=S)SC[C@@H]1C(C)C. The number of ether oxygens (including phenoxy) is 1. The van der Waals surface area contributed by atoms with Crippen LogP contribution in [-0.2, 0) is 14.1 Å². The third-order valence-corrected chi connectivity index (χ3v) is 8.15. The van der Waals surface area contributed by atoms with Crippen LogP contribution in [0, 0.1) is 5.92 Å². The summed E-state index contributed by atoms with van der Waals surface area (Å²) in [5.41, 5.74) is 0. The Bertz CT molecular complexity index is 717. The summed E-state index contributed by atoms with van der Waals surface area (Å²) >= 11 is 12.8. The molecule has 1 aliphatic heterocycles. The topological polar surface area (TPSA) is 67.9 Å². The molecule has 1 N–H and O–H groups in total. The van der Waals surface area contributed by atoms with Crippen molar-refractivity contribution in [1.82, 2.24) is 9.76 Å². The third kappa shape index (κ3) is 4.93. The lowest BCUT2D eigenvalue weighted by Gasteiger charge is -2.35. The van der Waals surface area contributed by atoms with E-state index >= 15 is 0 Å². The fraction of sp³-hybridized carbons (Fsp3) is 0.500. The average molecular weight is 437 g/mol. The first-order chi connectivity index (χ1) is 12.2. The van der Waals surface area contributed by atoms with Crippen LogP contribution in [0.25, 0.3) is 0 Å². The molecule has 1 aromatic carbocycles. The summed E-state index contributed by atoms with van der Waals surface area (Å²) in [5.74, 6) is 0.729. The minimum atomic E-state index is -3.72. The largest absolute Gasteiger partial charge is 0.468 e. The van der Waals surface area contributed by atoms with Crippen molar-refractivity contribution in [1.29, 1.82) is 0 Å². The van der Waals surface area contributed by atoms with Crippen LogP contribution in [0.3, 0.4) is 0 Å². The van der Waals surface area contributed by atoms with E-state index in [9.17, 15) is 9.36 Å². The molecule has 144 valence electrons. The number of halogens is 1. The van der Waals surface area contributed by atoms with E-state index < -0.39 is 19.7 Å². The molecule has 3 atom stereocenters. The zero-order valence-electron chi connectivity index (χ0n) is 15.0. The van der Waals surface area contributed by atoms with Crippen LogP contribution in [-0.4, -0.2) is 39.9 Å². The molecule has 1 saturated heterocycles. The molecule has 1 unspecified atom stereocenters. The van der Waals surface area contributed by atoms with Crippen molar-refractivity contribution in [2.45, 2.75) is 32.9 Å². The normalized spacial score (nSPS) is 20.8. The Kier molecular flexibility index (Phi) is 7.39. The lowest BCUT2D eigenvalue weighted by Crippen LogP contribution is -2.44. The summed E-state index contributed by atoms with van der Waals surface area (Å²) in [4.78, 5) is 11.9. The van der Waals surface area contributed by atoms with Gasteiger partial charge in [0.05, 0.1) is 13.2 Å². The zero-order chi connectivity index (χ0) is 19.5. The highest BCUT2D eigenvalue weighted by Crippen LogP contribution is 2.54. The monoisotopic (exact) mass is 436 g/mol. The van der Waals surface area contributed by atoms with Crippen molar-refractivity contribution in [3.8, 4) is 5.75 Å². The predicted octanol–water partition coefficient (Wildman–Crippen LogP) is 4.34. The van der Waals surface area contributed by atoms with Gasteiger partial charge in [0.25, 0.3) is 0 Å². The Morgan fingerprint density at radius 1 is 1.38 bits per heavy atom. The van der Waals surface area contributed by atoms with Gasteiger partial charge in [-0.1, -0.05) is 49.4 Å². The molecule has 6 nitrogen and oxygen atoms in total. The highest BCUT2D eigenvalue weighted by Gasteiger charge is 2.47. The van der Waals surface area contributed by atoms with Crippen LogP contribution in [0.5, 0.6) is 5.75 Å². The molecular formula is C16H22ClN2O4PS2. The lowest BCUT2D eigenvalue weighted by atomic mass is 10.1. The van der Waals surface area contributed by atoms with Crippen LogP contribution >= 0.6 is 43.3 Å². The molecular weight excluding hydrogens is 415 g/mol. The molecule has 1 aromatic rings. The van der Waals surface area contributed by atoms with E-state index in [2.05, 4.69) is 5.09 Å². The van der Waals surface area contributed by atoms with Gasteiger partial charge < -0.3 is 9.26 Å². The van der Waals surface area contributed by atoms with Crippen LogP contribution in [0.1, 0.15) is 20.8 Å². The number of hydrogen-bond acceptors (Lipinski definition) is 6. The van der Waals surface area contributed by atoms with Gasteiger partial charge in [-0.3, -0.25) is 9.46 Å². The van der Waals surface area contributed by atoms with Crippen molar-refractivity contribution in [3.05, 3.63) is 29.3 Å². The smallest absolute Gasteiger partial charge is 0.421 e. The van der Waals surface area contributed by atoms with Crippen molar-refractivity contribution in [3.63, 3.8) is 0 Å². The Morgan fingerprint density at radius 2 is 2.00 bits per heavy atom. The van der Waals surface area contributed by atoms with Crippen molar-refractivity contribution in [2.75, 3.05) is 12.9 Å². The minimum Gasteiger partial charge on any atom is -0.468 e. The number of nitrogens with zero attached hydrogens (tertiary/aromatic N) is 1. The number of esters is 1. The van der Waals surface area contributed by atoms with Gasteiger partial charge in [0.1, 0.15) is 16.1 Å². The maximum absolute atomic E-state index is 13.9. The van der Waals surface area contributed by atoms with Crippen LogP contribution in [0.15, 0.2) is 24.3 Å². The third-order valence-electron chi connectivity index (χ3n) is 3.89. The number of nitrogens with one attached hydrogen (secondary N) is 1. The fourth-order valence-electron chi connectivity index (χ4n) is 2.45. The van der Waals surface area contributed by atoms with E-state index in [1.165, 1.54) is 18.9 Å². The summed E-state index contributed by atoms with van der Waals surface area (Å²) in [6, 6.07) is 5.61. The Morgan fingerprint density at radius 3 is 2.54 bits per heavy atom. The second-order valence-corrected chi connectivity index (χ2v) is 10.2. The van der Waals surface area contributed by atoms with E-state index in [-0.39, 0.29) is 12.0 Å². The number of benzene rings is 1. The molecule has 0 saturated carbocycles. The van der Waals surface area contributed by atoms with Gasteiger partial charge in [0.2, 0.25) is 0 Å². The summed E-state index contributed by atoms with van der Waals surface area (Å²) < 4.78 is 26.6.